The Hall–Kier alpha value is -2.39. The Morgan fingerprint density at radius 2 is 1.79 bits per heavy atom. The maximum absolute atomic E-state index is 13.4. The van der Waals surface area contributed by atoms with Crippen molar-refractivity contribution >= 4 is 28.6 Å². The lowest BCUT2D eigenvalue weighted by Gasteiger charge is -2.39. The normalized spacial score (nSPS) is 20.7. The monoisotopic (exact) mass is 481 g/mol. The van der Waals surface area contributed by atoms with Crippen LogP contribution in [-0.4, -0.2) is 66.7 Å². The minimum atomic E-state index is 0.0693. The number of rotatable bonds is 5. The van der Waals surface area contributed by atoms with Crippen molar-refractivity contribution in [3.63, 3.8) is 0 Å². The molecule has 0 N–H and O–H groups in total. The van der Waals surface area contributed by atoms with Crippen LogP contribution in [0.3, 0.4) is 0 Å². The molecule has 0 bridgehead atoms. The van der Waals surface area contributed by atoms with Crippen LogP contribution in [0.2, 0.25) is 0 Å². The van der Waals surface area contributed by atoms with Crippen LogP contribution in [0, 0.1) is 0 Å². The smallest absolute Gasteiger partial charge is 0.237 e. The average molecular weight is 482 g/mol. The van der Waals surface area contributed by atoms with Crippen LogP contribution >= 0.6 is 22.7 Å². The third kappa shape index (κ3) is 4.28. The van der Waals surface area contributed by atoms with E-state index in [2.05, 4.69) is 55.8 Å². The molecule has 0 aliphatic carbocycles. The molecular formula is C25H27N3O3S2. The molecule has 3 aliphatic rings. The van der Waals surface area contributed by atoms with E-state index in [1.807, 2.05) is 17.4 Å². The molecule has 6 nitrogen and oxygen atoms in total. The summed E-state index contributed by atoms with van der Waals surface area (Å²) in [6.07, 6.45) is 0.962. The Bertz CT molecular complexity index is 1120. The number of amides is 1. The second-order valence-corrected chi connectivity index (χ2v) is 10.8. The van der Waals surface area contributed by atoms with Gasteiger partial charge in [-0.15, -0.1) is 22.7 Å². The molecule has 1 amide bonds. The number of thiophene rings is 2. The van der Waals surface area contributed by atoms with Crippen LogP contribution in [0.1, 0.15) is 26.9 Å². The number of fused-ring (bicyclic) bond motifs is 2. The maximum atomic E-state index is 13.4. The fraction of sp³-hybridized carbons (Fsp3) is 0.400. The van der Waals surface area contributed by atoms with Crippen molar-refractivity contribution in [3.05, 3.63) is 68.0 Å². The first-order valence-corrected chi connectivity index (χ1v) is 13.2. The summed E-state index contributed by atoms with van der Waals surface area (Å²) in [7, 11) is 0. The molecule has 1 fully saturated rings. The van der Waals surface area contributed by atoms with E-state index >= 15 is 0 Å². The number of carbonyl (C=O) groups is 1. The zero-order valence-electron chi connectivity index (χ0n) is 18.4. The largest absolute Gasteiger partial charge is 0.454 e. The van der Waals surface area contributed by atoms with E-state index < -0.39 is 0 Å². The number of ether oxygens (including phenoxy) is 2. The van der Waals surface area contributed by atoms with Crippen molar-refractivity contribution in [1.82, 2.24) is 14.7 Å². The molecule has 1 atom stereocenters. The standard InChI is InChI=1S/C25H27N3O3S2/c29-24(28-7-5-22-19(6-13-33-22)25(28)23-2-1-12-32-23)16-27-10-8-26(9-11-27)15-18-3-4-20-21(14-18)31-17-30-20/h1-4,6,12-14,25H,5,7-11,15-17H2. The van der Waals surface area contributed by atoms with Crippen molar-refractivity contribution in [2.24, 2.45) is 0 Å². The van der Waals surface area contributed by atoms with Crippen LogP contribution in [0.5, 0.6) is 11.5 Å². The number of piperazine rings is 1. The Kier molecular flexibility index (Phi) is 5.84. The van der Waals surface area contributed by atoms with Gasteiger partial charge in [-0.25, -0.2) is 0 Å². The van der Waals surface area contributed by atoms with Crippen LogP contribution in [0.25, 0.3) is 0 Å². The van der Waals surface area contributed by atoms with Gasteiger partial charge in [-0.2, -0.15) is 0 Å². The highest BCUT2D eigenvalue weighted by atomic mass is 32.1. The minimum Gasteiger partial charge on any atom is -0.454 e. The predicted octanol–water partition coefficient (Wildman–Crippen LogP) is 3.83. The highest BCUT2D eigenvalue weighted by Crippen LogP contribution is 2.39. The van der Waals surface area contributed by atoms with E-state index in [4.69, 9.17) is 9.47 Å². The third-order valence-corrected chi connectivity index (χ3v) is 8.69. The molecule has 5 heterocycles. The molecule has 3 aliphatic heterocycles. The summed E-state index contributed by atoms with van der Waals surface area (Å²) in [5.41, 5.74) is 2.55. The fourth-order valence-electron chi connectivity index (χ4n) is 5.02. The lowest BCUT2D eigenvalue weighted by molar-refractivity contribution is -0.134. The molecule has 6 rings (SSSR count). The summed E-state index contributed by atoms with van der Waals surface area (Å²) in [5, 5.41) is 4.27. The van der Waals surface area contributed by atoms with Gasteiger partial charge in [0.1, 0.15) is 0 Å². The van der Waals surface area contributed by atoms with E-state index in [9.17, 15) is 4.79 Å². The topological polar surface area (TPSA) is 45.3 Å². The highest BCUT2D eigenvalue weighted by molar-refractivity contribution is 7.10. The highest BCUT2D eigenvalue weighted by Gasteiger charge is 2.34. The van der Waals surface area contributed by atoms with Crippen molar-refractivity contribution in [2.45, 2.75) is 19.0 Å². The van der Waals surface area contributed by atoms with Gasteiger partial charge in [0.2, 0.25) is 12.7 Å². The van der Waals surface area contributed by atoms with Gasteiger partial charge in [-0.3, -0.25) is 14.6 Å². The number of benzene rings is 1. The van der Waals surface area contributed by atoms with Gasteiger partial charge in [0.05, 0.1) is 12.6 Å². The molecule has 1 aromatic carbocycles. The second kappa shape index (κ2) is 9.10. The Labute approximate surface area is 201 Å². The molecule has 33 heavy (non-hydrogen) atoms. The summed E-state index contributed by atoms with van der Waals surface area (Å²) < 4.78 is 10.9. The van der Waals surface area contributed by atoms with E-state index in [0.29, 0.717) is 13.3 Å². The first kappa shape index (κ1) is 21.2. The summed E-state index contributed by atoms with van der Waals surface area (Å²) >= 11 is 3.56. The fourth-order valence-corrected chi connectivity index (χ4v) is 6.78. The second-order valence-electron chi connectivity index (χ2n) is 8.79. The van der Waals surface area contributed by atoms with Gasteiger partial charge in [0.15, 0.2) is 11.5 Å². The van der Waals surface area contributed by atoms with E-state index in [0.717, 1.165) is 57.2 Å². The molecule has 0 spiro atoms. The Morgan fingerprint density at radius 3 is 2.64 bits per heavy atom. The quantitative estimate of drug-likeness (QED) is 0.554. The molecule has 1 unspecified atom stereocenters. The zero-order valence-corrected chi connectivity index (χ0v) is 20.1. The summed E-state index contributed by atoms with van der Waals surface area (Å²) in [5.74, 6) is 1.91. The minimum absolute atomic E-state index is 0.0693. The SMILES string of the molecule is O=C(CN1CCN(Cc2ccc3c(c2)OCO3)CC1)N1CCc2sccc2C1c1cccs1. The summed E-state index contributed by atoms with van der Waals surface area (Å²) in [6.45, 7) is 6.26. The first-order chi connectivity index (χ1) is 16.2. The van der Waals surface area contributed by atoms with Gasteiger partial charge >= 0.3 is 0 Å². The van der Waals surface area contributed by atoms with Gasteiger partial charge in [0, 0.05) is 49.0 Å². The molecule has 0 radical (unpaired) electrons. The molecule has 2 aromatic heterocycles. The lowest BCUT2D eigenvalue weighted by Crippen LogP contribution is -2.51. The van der Waals surface area contributed by atoms with Crippen molar-refractivity contribution in [2.75, 3.05) is 46.1 Å². The third-order valence-electron chi connectivity index (χ3n) is 6.77. The van der Waals surface area contributed by atoms with Gasteiger partial charge in [-0.05, 0) is 52.6 Å². The molecule has 172 valence electrons. The van der Waals surface area contributed by atoms with Crippen molar-refractivity contribution in [1.29, 1.82) is 0 Å². The van der Waals surface area contributed by atoms with Crippen LogP contribution < -0.4 is 9.47 Å². The summed E-state index contributed by atoms with van der Waals surface area (Å²) in [6, 6.07) is 12.7. The predicted molar refractivity (Wildman–Crippen MR) is 130 cm³/mol. The lowest BCUT2D eigenvalue weighted by atomic mass is 9.98. The molecule has 1 saturated heterocycles. The Morgan fingerprint density at radius 1 is 0.939 bits per heavy atom. The van der Waals surface area contributed by atoms with Gasteiger partial charge < -0.3 is 14.4 Å². The average Bonchev–Trinajstić information content (AvgIpc) is 3.60. The number of hydrogen-bond acceptors (Lipinski definition) is 7. The van der Waals surface area contributed by atoms with Crippen molar-refractivity contribution < 1.29 is 14.3 Å². The zero-order chi connectivity index (χ0) is 22.2. The van der Waals surface area contributed by atoms with E-state index in [1.165, 1.54) is 20.9 Å². The van der Waals surface area contributed by atoms with Crippen molar-refractivity contribution in [3.8, 4) is 11.5 Å². The van der Waals surface area contributed by atoms with Crippen LogP contribution in [0.4, 0.5) is 0 Å². The maximum Gasteiger partial charge on any atom is 0.237 e. The van der Waals surface area contributed by atoms with Crippen LogP contribution in [-0.2, 0) is 17.8 Å². The van der Waals surface area contributed by atoms with E-state index in [1.54, 1.807) is 11.3 Å². The van der Waals surface area contributed by atoms with E-state index in [-0.39, 0.29) is 11.9 Å². The summed E-state index contributed by atoms with van der Waals surface area (Å²) in [4.78, 5) is 23.0. The molecule has 8 heteroatoms. The molecular weight excluding hydrogens is 454 g/mol. The number of nitrogens with zero attached hydrogens (tertiary/aromatic N) is 3. The Balaban J connectivity index is 1.07. The number of hydrogen-bond donors (Lipinski definition) is 0. The van der Waals surface area contributed by atoms with Gasteiger partial charge in [0.25, 0.3) is 0 Å². The first-order valence-electron chi connectivity index (χ1n) is 11.5. The van der Waals surface area contributed by atoms with Crippen LogP contribution in [0.15, 0.2) is 47.2 Å². The number of carbonyl (C=O) groups excluding carboxylic acids is 1. The molecule has 0 saturated carbocycles. The van der Waals surface area contributed by atoms with Gasteiger partial charge in [-0.1, -0.05) is 12.1 Å². The molecule has 3 aromatic rings.